The van der Waals surface area contributed by atoms with Crippen LogP contribution in [0.3, 0.4) is 0 Å². The van der Waals surface area contributed by atoms with Crippen molar-refractivity contribution >= 4 is 16.5 Å². The molecule has 0 atom stereocenters. The lowest BCUT2D eigenvalue weighted by Crippen LogP contribution is -2.31. The van der Waals surface area contributed by atoms with Crippen molar-refractivity contribution in [1.29, 1.82) is 0 Å². The molecule has 0 saturated carbocycles. The van der Waals surface area contributed by atoms with E-state index >= 15 is 0 Å². The molecule has 4 heteroatoms. The Kier molecular flexibility index (Phi) is 6.80. The van der Waals surface area contributed by atoms with Crippen molar-refractivity contribution < 1.29 is 5.11 Å². The van der Waals surface area contributed by atoms with Gasteiger partial charge in [0, 0.05) is 13.1 Å². The summed E-state index contributed by atoms with van der Waals surface area (Å²) in [6.07, 6.45) is 2.04. The lowest BCUT2D eigenvalue weighted by Gasteiger charge is -2.25. The molecule has 0 aromatic carbocycles. The van der Waals surface area contributed by atoms with Crippen LogP contribution < -0.4 is 4.90 Å². The van der Waals surface area contributed by atoms with Crippen LogP contribution in [0, 0.1) is 11.8 Å². The van der Waals surface area contributed by atoms with E-state index in [0.717, 1.165) is 41.6 Å². The van der Waals surface area contributed by atoms with Gasteiger partial charge in [0.1, 0.15) is 0 Å². The van der Waals surface area contributed by atoms with E-state index < -0.39 is 0 Å². The molecule has 0 spiro atoms. The molecule has 0 aliphatic carbocycles. The lowest BCUT2D eigenvalue weighted by molar-refractivity contribution is 0.284. The molecule has 1 N–H and O–H groups in total. The van der Waals surface area contributed by atoms with Crippen LogP contribution in [0.25, 0.3) is 0 Å². The molecule has 0 amide bonds. The second kappa shape index (κ2) is 7.85. The number of hydrogen-bond acceptors (Lipinski definition) is 4. The molecule has 1 rings (SSSR count). The summed E-state index contributed by atoms with van der Waals surface area (Å²) in [5.41, 5.74) is 1.09. The standard InChI is InChI=1S/C15H28N2OS/c1-6-7-13-14(10-18)19-15(16-13)17(8-11(2)3)9-12(4)5/h11-12,18H,6-10H2,1-5H3. The molecule has 0 bridgehead atoms. The highest BCUT2D eigenvalue weighted by Crippen LogP contribution is 2.28. The van der Waals surface area contributed by atoms with Crippen LogP contribution in [0.1, 0.15) is 51.6 Å². The van der Waals surface area contributed by atoms with Crippen LogP contribution in [0.5, 0.6) is 0 Å². The predicted molar refractivity (Wildman–Crippen MR) is 83.9 cm³/mol. The van der Waals surface area contributed by atoms with Gasteiger partial charge in [0.25, 0.3) is 0 Å². The van der Waals surface area contributed by atoms with Crippen molar-refractivity contribution in [2.45, 2.75) is 54.1 Å². The van der Waals surface area contributed by atoms with E-state index in [1.165, 1.54) is 0 Å². The van der Waals surface area contributed by atoms with Crippen molar-refractivity contribution in [3.05, 3.63) is 10.6 Å². The molecule has 3 nitrogen and oxygen atoms in total. The van der Waals surface area contributed by atoms with E-state index in [1.54, 1.807) is 11.3 Å². The van der Waals surface area contributed by atoms with E-state index in [1.807, 2.05) is 0 Å². The molecule has 0 fully saturated rings. The van der Waals surface area contributed by atoms with Gasteiger partial charge in [-0.15, -0.1) is 0 Å². The van der Waals surface area contributed by atoms with Gasteiger partial charge in [-0.2, -0.15) is 0 Å². The lowest BCUT2D eigenvalue weighted by atomic mass is 10.1. The summed E-state index contributed by atoms with van der Waals surface area (Å²) in [6, 6.07) is 0. The molecule has 0 radical (unpaired) electrons. The highest BCUT2D eigenvalue weighted by atomic mass is 32.1. The first-order chi connectivity index (χ1) is 8.97. The normalized spacial score (nSPS) is 11.6. The second-order valence-corrected chi connectivity index (χ2v) is 7.03. The Morgan fingerprint density at radius 1 is 1.16 bits per heavy atom. The zero-order chi connectivity index (χ0) is 14.4. The zero-order valence-electron chi connectivity index (χ0n) is 12.9. The molecule has 0 aliphatic heterocycles. The summed E-state index contributed by atoms with van der Waals surface area (Å²) in [4.78, 5) is 8.17. The van der Waals surface area contributed by atoms with E-state index in [9.17, 15) is 5.11 Å². The van der Waals surface area contributed by atoms with E-state index in [4.69, 9.17) is 4.98 Å². The fraction of sp³-hybridized carbons (Fsp3) is 0.800. The number of nitrogens with zero attached hydrogens (tertiary/aromatic N) is 2. The monoisotopic (exact) mass is 284 g/mol. The minimum atomic E-state index is 0.115. The molecule has 0 aliphatic rings. The Morgan fingerprint density at radius 3 is 2.16 bits per heavy atom. The third kappa shape index (κ3) is 5.11. The first kappa shape index (κ1) is 16.4. The largest absolute Gasteiger partial charge is 0.391 e. The van der Waals surface area contributed by atoms with Gasteiger partial charge in [-0.05, 0) is 18.3 Å². The van der Waals surface area contributed by atoms with Gasteiger partial charge in [0.05, 0.1) is 17.2 Å². The number of aliphatic hydroxyl groups excluding tert-OH is 1. The average molecular weight is 284 g/mol. The van der Waals surface area contributed by atoms with E-state index in [0.29, 0.717) is 11.8 Å². The van der Waals surface area contributed by atoms with Crippen molar-refractivity contribution in [3.8, 4) is 0 Å². The van der Waals surface area contributed by atoms with Gasteiger partial charge in [-0.3, -0.25) is 0 Å². The summed E-state index contributed by atoms with van der Waals surface area (Å²) in [7, 11) is 0. The smallest absolute Gasteiger partial charge is 0.185 e. The molecule has 110 valence electrons. The minimum absolute atomic E-state index is 0.115. The van der Waals surface area contributed by atoms with E-state index in [-0.39, 0.29) is 6.61 Å². The van der Waals surface area contributed by atoms with Crippen molar-refractivity contribution in [2.75, 3.05) is 18.0 Å². The summed E-state index contributed by atoms with van der Waals surface area (Å²) >= 11 is 1.66. The zero-order valence-corrected chi connectivity index (χ0v) is 13.8. The molecule has 19 heavy (non-hydrogen) atoms. The third-order valence-electron chi connectivity index (χ3n) is 2.84. The highest BCUT2D eigenvalue weighted by Gasteiger charge is 2.17. The maximum absolute atomic E-state index is 9.46. The number of rotatable bonds is 8. The summed E-state index contributed by atoms with van der Waals surface area (Å²) in [6.45, 7) is 13.3. The number of thiazole rings is 1. The fourth-order valence-corrected chi connectivity index (χ4v) is 3.16. The molecule has 1 aromatic rings. The van der Waals surface area contributed by atoms with Crippen LogP contribution in [-0.4, -0.2) is 23.2 Å². The maximum atomic E-state index is 9.46. The van der Waals surface area contributed by atoms with Crippen LogP contribution in [-0.2, 0) is 13.0 Å². The van der Waals surface area contributed by atoms with Gasteiger partial charge in [-0.25, -0.2) is 4.98 Å². The van der Waals surface area contributed by atoms with Crippen LogP contribution in [0.15, 0.2) is 0 Å². The third-order valence-corrected chi connectivity index (χ3v) is 3.98. The highest BCUT2D eigenvalue weighted by molar-refractivity contribution is 7.15. The Bertz CT molecular complexity index is 364. The minimum Gasteiger partial charge on any atom is -0.391 e. The first-order valence-corrected chi connectivity index (χ1v) is 8.13. The predicted octanol–water partition coefficient (Wildman–Crippen LogP) is 3.71. The van der Waals surface area contributed by atoms with Crippen LogP contribution in [0.4, 0.5) is 5.13 Å². The van der Waals surface area contributed by atoms with Gasteiger partial charge in [0.15, 0.2) is 5.13 Å². The van der Waals surface area contributed by atoms with E-state index in [2.05, 4.69) is 39.5 Å². The molecular weight excluding hydrogens is 256 g/mol. The van der Waals surface area contributed by atoms with Crippen molar-refractivity contribution in [2.24, 2.45) is 11.8 Å². The SMILES string of the molecule is CCCc1nc(N(CC(C)C)CC(C)C)sc1CO. The second-order valence-electron chi connectivity index (χ2n) is 5.97. The topological polar surface area (TPSA) is 36.4 Å². The number of aliphatic hydroxyl groups is 1. The Hall–Kier alpha value is -0.610. The molecular formula is C15H28N2OS. The molecule has 1 aromatic heterocycles. The number of hydrogen-bond donors (Lipinski definition) is 1. The average Bonchev–Trinajstić information content (AvgIpc) is 2.70. The summed E-state index contributed by atoms with van der Waals surface area (Å²) < 4.78 is 0. The Balaban J connectivity index is 2.93. The van der Waals surface area contributed by atoms with Gasteiger partial charge >= 0.3 is 0 Å². The van der Waals surface area contributed by atoms with Crippen LogP contribution in [0.2, 0.25) is 0 Å². The first-order valence-electron chi connectivity index (χ1n) is 7.32. The molecule has 0 saturated heterocycles. The molecule has 1 heterocycles. The summed E-state index contributed by atoms with van der Waals surface area (Å²) in [5.74, 6) is 1.24. The van der Waals surface area contributed by atoms with Gasteiger partial charge in [-0.1, -0.05) is 52.4 Å². The van der Waals surface area contributed by atoms with Gasteiger partial charge in [0.2, 0.25) is 0 Å². The van der Waals surface area contributed by atoms with Crippen LogP contribution >= 0.6 is 11.3 Å². The number of anilines is 1. The van der Waals surface area contributed by atoms with Crippen molar-refractivity contribution in [3.63, 3.8) is 0 Å². The fourth-order valence-electron chi connectivity index (χ4n) is 2.17. The van der Waals surface area contributed by atoms with Crippen molar-refractivity contribution in [1.82, 2.24) is 4.98 Å². The number of aromatic nitrogens is 1. The molecule has 0 unspecified atom stereocenters. The number of aryl methyl sites for hydroxylation is 1. The Morgan fingerprint density at radius 2 is 1.74 bits per heavy atom. The summed E-state index contributed by atoms with van der Waals surface area (Å²) in [5, 5.41) is 10.5. The maximum Gasteiger partial charge on any atom is 0.185 e. The quantitative estimate of drug-likeness (QED) is 0.790. The Labute approximate surface area is 121 Å². The van der Waals surface area contributed by atoms with Gasteiger partial charge < -0.3 is 10.0 Å².